The summed E-state index contributed by atoms with van der Waals surface area (Å²) >= 11 is 3.58. The zero-order valence-electron chi connectivity index (χ0n) is 14.0. The van der Waals surface area contributed by atoms with E-state index in [1.54, 1.807) is 0 Å². The maximum atomic E-state index is 13.1. The number of carbonyl (C=O) groups excluding carboxylic acids is 2. The minimum atomic E-state index is -0.372. The van der Waals surface area contributed by atoms with Crippen molar-refractivity contribution in [2.24, 2.45) is 11.8 Å². The molecular weight excluding hydrogens is 386 g/mol. The smallest absolute Gasteiger partial charge is 0.306 e. The van der Waals surface area contributed by atoms with Crippen LogP contribution in [0.5, 0.6) is 0 Å². The minimum absolute atomic E-state index is 0.0567. The molecule has 0 bridgehead atoms. The van der Waals surface area contributed by atoms with E-state index in [0.717, 1.165) is 33.0 Å². The molecule has 0 saturated heterocycles. The Morgan fingerprint density at radius 2 is 2.28 bits per heavy atom. The Labute approximate surface area is 154 Å². The monoisotopic (exact) mass is 405 g/mol. The Balaban J connectivity index is 1.76. The van der Waals surface area contributed by atoms with Gasteiger partial charge in [0.25, 0.3) is 0 Å². The Bertz CT molecular complexity index is 843. The highest BCUT2D eigenvalue weighted by Gasteiger charge is 2.35. The number of ether oxygens (including phenoxy) is 1. The van der Waals surface area contributed by atoms with E-state index in [4.69, 9.17) is 4.74 Å². The molecule has 7 heteroatoms. The SMILES string of the molecule is COC(=O)C[C@@H]1Cc2cc(Br)c3[nH]ncc3c2CN(CC2CC2)C1=O. The fraction of sp³-hybridized carbons (Fsp3) is 0.500. The van der Waals surface area contributed by atoms with Crippen molar-refractivity contribution in [3.63, 3.8) is 0 Å². The average molecular weight is 406 g/mol. The first-order valence-electron chi connectivity index (χ1n) is 8.55. The fourth-order valence-corrected chi connectivity index (χ4v) is 4.22. The first kappa shape index (κ1) is 16.6. The predicted octanol–water partition coefficient (Wildman–Crippen LogP) is 2.80. The molecule has 1 aromatic carbocycles. The van der Waals surface area contributed by atoms with Crippen LogP contribution in [-0.4, -0.2) is 40.6 Å². The van der Waals surface area contributed by atoms with Crippen molar-refractivity contribution in [1.82, 2.24) is 15.1 Å². The second-order valence-electron chi connectivity index (χ2n) is 7.00. The van der Waals surface area contributed by atoms with E-state index in [1.807, 2.05) is 17.2 Å². The second kappa shape index (κ2) is 6.44. The third kappa shape index (κ3) is 3.17. The molecule has 2 aliphatic rings. The van der Waals surface area contributed by atoms with Crippen molar-refractivity contribution in [3.8, 4) is 0 Å². The molecule has 6 nitrogen and oxygen atoms in total. The van der Waals surface area contributed by atoms with Crippen LogP contribution < -0.4 is 0 Å². The van der Waals surface area contributed by atoms with E-state index in [-0.39, 0.29) is 24.2 Å². The summed E-state index contributed by atoms with van der Waals surface area (Å²) in [7, 11) is 1.37. The van der Waals surface area contributed by atoms with Crippen molar-refractivity contribution in [3.05, 3.63) is 27.9 Å². The molecule has 25 heavy (non-hydrogen) atoms. The Morgan fingerprint density at radius 1 is 1.48 bits per heavy atom. The lowest BCUT2D eigenvalue weighted by atomic mass is 9.93. The topological polar surface area (TPSA) is 75.3 Å². The van der Waals surface area contributed by atoms with Crippen molar-refractivity contribution in [2.45, 2.75) is 32.2 Å². The summed E-state index contributed by atoms with van der Waals surface area (Å²) in [5, 5.41) is 8.22. The number of esters is 1. The average Bonchev–Trinajstić information content (AvgIpc) is 3.29. The number of aromatic nitrogens is 2. The number of amides is 1. The number of hydrogen-bond donors (Lipinski definition) is 1. The Morgan fingerprint density at radius 3 is 3.00 bits per heavy atom. The highest BCUT2D eigenvalue weighted by Crippen LogP contribution is 2.36. The van der Waals surface area contributed by atoms with Crippen molar-refractivity contribution >= 4 is 38.7 Å². The van der Waals surface area contributed by atoms with E-state index >= 15 is 0 Å². The van der Waals surface area contributed by atoms with E-state index in [9.17, 15) is 9.59 Å². The molecule has 132 valence electrons. The van der Waals surface area contributed by atoms with Crippen LogP contribution in [0.3, 0.4) is 0 Å². The molecule has 2 aromatic rings. The minimum Gasteiger partial charge on any atom is -0.469 e. The maximum Gasteiger partial charge on any atom is 0.306 e. The molecule has 1 atom stereocenters. The number of benzene rings is 1. The van der Waals surface area contributed by atoms with Gasteiger partial charge < -0.3 is 9.64 Å². The molecule has 1 fully saturated rings. The van der Waals surface area contributed by atoms with Crippen molar-refractivity contribution in [1.29, 1.82) is 0 Å². The summed E-state index contributed by atoms with van der Waals surface area (Å²) in [5.74, 6) is -0.0545. The van der Waals surface area contributed by atoms with E-state index in [1.165, 1.54) is 20.0 Å². The number of hydrogen-bond acceptors (Lipinski definition) is 4. The number of nitrogens with zero attached hydrogens (tertiary/aromatic N) is 2. The molecule has 1 saturated carbocycles. The van der Waals surface area contributed by atoms with Gasteiger partial charge in [0.2, 0.25) is 5.91 Å². The van der Waals surface area contributed by atoms with Gasteiger partial charge in [0, 0.05) is 22.9 Å². The number of methoxy groups -OCH3 is 1. The van der Waals surface area contributed by atoms with Crippen LogP contribution in [-0.2, 0) is 27.3 Å². The van der Waals surface area contributed by atoms with Gasteiger partial charge in [-0.2, -0.15) is 5.10 Å². The number of rotatable bonds is 4. The summed E-state index contributed by atoms with van der Waals surface area (Å²) < 4.78 is 5.74. The van der Waals surface area contributed by atoms with Crippen LogP contribution in [0.2, 0.25) is 0 Å². The van der Waals surface area contributed by atoms with Gasteiger partial charge in [0.1, 0.15) is 0 Å². The van der Waals surface area contributed by atoms with Crippen molar-refractivity contribution in [2.75, 3.05) is 13.7 Å². The predicted molar refractivity (Wildman–Crippen MR) is 95.8 cm³/mol. The van der Waals surface area contributed by atoms with Gasteiger partial charge in [-0.05, 0) is 58.3 Å². The molecule has 1 aliphatic carbocycles. The van der Waals surface area contributed by atoms with Crippen LogP contribution >= 0.6 is 15.9 Å². The lowest BCUT2D eigenvalue weighted by Gasteiger charge is -2.24. The number of halogens is 1. The summed E-state index contributed by atoms with van der Waals surface area (Å²) in [5.41, 5.74) is 3.18. The molecule has 2 heterocycles. The summed E-state index contributed by atoms with van der Waals surface area (Å²) in [6, 6.07) is 2.05. The molecule has 0 radical (unpaired) electrons. The molecule has 1 aromatic heterocycles. The summed E-state index contributed by atoms with van der Waals surface area (Å²) in [4.78, 5) is 26.8. The van der Waals surface area contributed by atoms with Gasteiger partial charge in [-0.15, -0.1) is 0 Å². The fourth-order valence-electron chi connectivity index (χ4n) is 3.64. The van der Waals surface area contributed by atoms with Gasteiger partial charge in [-0.3, -0.25) is 14.7 Å². The van der Waals surface area contributed by atoms with Gasteiger partial charge >= 0.3 is 5.97 Å². The van der Waals surface area contributed by atoms with Crippen LogP contribution in [0.4, 0.5) is 0 Å². The standard InChI is InChI=1S/C18H20BrN3O3/c1-25-16(23)6-12-4-11-5-15(19)17-13(7-20-21-17)14(11)9-22(18(12)24)8-10-2-3-10/h5,7,10,12H,2-4,6,8-9H2,1H3,(H,20,21)/t12-/m0/s1. The van der Waals surface area contributed by atoms with E-state index in [0.29, 0.717) is 18.9 Å². The van der Waals surface area contributed by atoms with E-state index in [2.05, 4.69) is 26.1 Å². The Hall–Kier alpha value is -1.89. The largest absolute Gasteiger partial charge is 0.469 e. The Kier molecular flexibility index (Phi) is 4.27. The van der Waals surface area contributed by atoms with Gasteiger partial charge in [0.15, 0.2) is 0 Å². The van der Waals surface area contributed by atoms with Crippen LogP contribution in [0.15, 0.2) is 16.7 Å². The number of aromatic amines is 1. The first-order valence-corrected chi connectivity index (χ1v) is 9.35. The highest BCUT2D eigenvalue weighted by atomic mass is 79.9. The van der Waals surface area contributed by atoms with Crippen molar-refractivity contribution < 1.29 is 14.3 Å². The second-order valence-corrected chi connectivity index (χ2v) is 7.85. The third-order valence-corrected chi connectivity index (χ3v) is 5.81. The summed E-state index contributed by atoms with van der Waals surface area (Å²) in [6.07, 6.45) is 4.85. The first-order chi connectivity index (χ1) is 12.1. The molecule has 0 unspecified atom stereocenters. The quantitative estimate of drug-likeness (QED) is 0.793. The van der Waals surface area contributed by atoms with Crippen LogP contribution in [0, 0.1) is 11.8 Å². The lowest BCUT2D eigenvalue weighted by Crippen LogP contribution is -2.37. The van der Waals surface area contributed by atoms with Crippen LogP contribution in [0.1, 0.15) is 30.4 Å². The zero-order chi connectivity index (χ0) is 17.6. The molecule has 0 spiro atoms. The maximum absolute atomic E-state index is 13.1. The van der Waals surface area contributed by atoms with Gasteiger partial charge in [-0.25, -0.2) is 0 Å². The third-order valence-electron chi connectivity index (χ3n) is 5.18. The number of H-pyrrole nitrogens is 1. The number of carbonyl (C=O) groups is 2. The van der Waals surface area contributed by atoms with Gasteiger partial charge in [0.05, 0.1) is 31.2 Å². The summed E-state index contributed by atoms with van der Waals surface area (Å²) in [6.45, 7) is 1.34. The zero-order valence-corrected chi connectivity index (χ0v) is 15.6. The normalized spacial score (nSPS) is 20.5. The molecule has 1 amide bonds. The number of nitrogens with one attached hydrogen (secondary N) is 1. The number of fused-ring (bicyclic) bond motifs is 3. The molecule has 4 rings (SSSR count). The molecule has 1 N–H and O–H groups in total. The highest BCUT2D eigenvalue weighted by molar-refractivity contribution is 9.10. The molecule has 1 aliphatic heterocycles. The van der Waals surface area contributed by atoms with E-state index < -0.39 is 0 Å². The lowest BCUT2D eigenvalue weighted by molar-refractivity contribution is -0.147. The molecular formula is C18H20BrN3O3. The van der Waals surface area contributed by atoms with Gasteiger partial charge in [-0.1, -0.05) is 0 Å². The van der Waals surface area contributed by atoms with Crippen LogP contribution in [0.25, 0.3) is 10.9 Å².